The second kappa shape index (κ2) is 5.80. The van der Waals surface area contributed by atoms with E-state index in [9.17, 15) is 0 Å². The molecule has 19 heavy (non-hydrogen) atoms. The van der Waals surface area contributed by atoms with E-state index in [-0.39, 0.29) is 0 Å². The number of hydrogen-bond acceptors (Lipinski definition) is 3. The zero-order valence-electron chi connectivity index (χ0n) is 11.5. The van der Waals surface area contributed by atoms with Gasteiger partial charge in [-0.05, 0) is 72.6 Å². The van der Waals surface area contributed by atoms with Crippen molar-refractivity contribution in [3.63, 3.8) is 0 Å². The van der Waals surface area contributed by atoms with Crippen molar-refractivity contribution in [3.8, 4) is 0 Å². The average molecular weight is 324 g/mol. The molecule has 0 radical (unpaired) electrons. The Kier molecular flexibility index (Phi) is 4.08. The third kappa shape index (κ3) is 3.48. The maximum Gasteiger partial charge on any atom is 0.131 e. The minimum absolute atomic E-state index is 0.841. The first-order valence-corrected chi connectivity index (χ1v) is 8.12. The van der Waals surface area contributed by atoms with E-state index in [4.69, 9.17) is 0 Å². The molecule has 1 aromatic heterocycles. The Morgan fingerprint density at radius 3 is 2.68 bits per heavy atom. The predicted molar refractivity (Wildman–Crippen MR) is 82.6 cm³/mol. The molecule has 2 aliphatic rings. The molecule has 3 rings (SSSR count). The van der Waals surface area contributed by atoms with Crippen LogP contribution in [0.5, 0.6) is 0 Å². The molecule has 0 unspecified atom stereocenters. The first-order valence-electron chi connectivity index (χ1n) is 7.33. The van der Waals surface area contributed by atoms with E-state index in [2.05, 4.69) is 44.1 Å². The summed E-state index contributed by atoms with van der Waals surface area (Å²) in [6.07, 6.45) is 7.26. The number of aryl methyl sites for hydroxylation is 1. The summed E-state index contributed by atoms with van der Waals surface area (Å²) in [5, 5.41) is 3.66. The maximum atomic E-state index is 4.57. The van der Waals surface area contributed by atoms with Gasteiger partial charge in [-0.2, -0.15) is 0 Å². The molecule has 0 amide bonds. The quantitative estimate of drug-likeness (QED) is 0.922. The van der Waals surface area contributed by atoms with Gasteiger partial charge in [0, 0.05) is 29.8 Å². The van der Waals surface area contributed by atoms with E-state index in [1.807, 2.05) is 6.20 Å². The smallest absolute Gasteiger partial charge is 0.131 e. The Balaban J connectivity index is 1.53. The van der Waals surface area contributed by atoms with Crippen molar-refractivity contribution >= 4 is 21.7 Å². The van der Waals surface area contributed by atoms with E-state index in [0.717, 1.165) is 35.3 Å². The summed E-state index contributed by atoms with van der Waals surface area (Å²) in [4.78, 5) is 7.01. The van der Waals surface area contributed by atoms with Gasteiger partial charge in [0.15, 0.2) is 0 Å². The highest BCUT2D eigenvalue weighted by atomic mass is 79.9. The fraction of sp³-hybridized carbons (Fsp3) is 0.667. The lowest BCUT2D eigenvalue weighted by Crippen LogP contribution is -2.38. The predicted octanol–water partition coefficient (Wildman–Crippen LogP) is 3.12. The minimum Gasteiger partial charge on any atom is -0.356 e. The Labute approximate surface area is 123 Å². The number of halogens is 1. The lowest BCUT2D eigenvalue weighted by Gasteiger charge is -2.33. The van der Waals surface area contributed by atoms with Crippen LogP contribution in [-0.4, -0.2) is 30.7 Å². The standard InChI is InChI=1S/C15H22BrN3/c1-11-8-13(16)10-18-15(11)19-6-4-12(5-7-19)9-17-14-2-3-14/h8,10,12,14,17H,2-7,9H2,1H3. The van der Waals surface area contributed by atoms with Gasteiger partial charge in [-0.1, -0.05) is 0 Å². The molecule has 1 aliphatic heterocycles. The normalized spacial score (nSPS) is 20.8. The molecular weight excluding hydrogens is 302 g/mol. The number of piperidine rings is 1. The summed E-state index contributed by atoms with van der Waals surface area (Å²) in [7, 11) is 0. The van der Waals surface area contributed by atoms with Crippen LogP contribution in [-0.2, 0) is 0 Å². The van der Waals surface area contributed by atoms with Crippen LogP contribution in [0.25, 0.3) is 0 Å². The number of nitrogens with zero attached hydrogens (tertiary/aromatic N) is 2. The molecule has 2 fully saturated rings. The molecule has 0 bridgehead atoms. The SMILES string of the molecule is Cc1cc(Br)cnc1N1CCC(CNC2CC2)CC1. The van der Waals surface area contributed by atoms with Crippen LogP contribution in [0.4, 0.5) is 5.82 Å². The average Bonchev–Trinajstić information content (AvgIpc) is 3.21. The summed E-state index contributed by atoms with van der Waals surface area (Å²) in [6.45, 7) is 5.65. The summed E-state index contributed by atoms with van der Waals surface area (Å²) in [6, 6.07) is 3.00. The number of nitrogens with one attached hydrogen (secondary N) is 1. The van der Waals surface area contributed by atoms with Gasteiger partial charge in [0.2, 0.25) is 0 Å². The van der Waals surface area contributed by atoms with E-state index in [0.29, 0.717) is 0 Å². The van der Waals surface area contributed by atoms with Crippen molar-refractivity contribution < 1.29 is 0 Å². The topological polar surface area (TPSA) is 28.2 Å². The van der Waals surface area contributed by atoms with Gasteiger partial charge < -0.3 is 10.2 Å². The first kappa shape index (κ1) is 13.4. The number of anilines is 1. The third-order valence-corrected chi connectivity index (χ3v) is 4.64. The summed E-state index contributed by atoms with van der Waals surface area (Å²) >= 11 is 3.48. The highest BCUT2D eigenvalue weighted by Crippen LogP contribution is 2.26. The Morgan fingerprint density at radius 1 is 1.32 bits per heavy atom. The van der Waals surface area contributed by atoms with E-state index in [1.165, 1.54) is 37.8 Å². The Hall–Kier alpha value is -0.610. The van der Waals surface area contributed by atoms with Crippen LogP contribution < -0.4 is 10.2 Å². The van der Waals surface area contributed by atoms with Crippen LogP contribution in [0.3, 0.4) is 0 Å². The molecule has 1 saturated carbocycles. The van der Waals surface area contributed by atoms with E-state index in [1.54, 1.807) is 0 Å². The molecule has 1 saturated heterocycles. The summed E-state index contributed by atoms with van der Waals surface area (Å²) in [5.41, 5.74) is 1.27. The van der Waals surface area contributed by atoms with Gasteiger partial charge in [-0.15, -0.1) is 0 Å². The number of hydrogen-bond donors (Lipinski definition) is 1. The van der Waals surface area contributed by atoms with Crippen LogP contribution in [0.15, 0.2) is 16.7 Å². The molecule has 0 aromatic carbocycles. The number of aromatic nitrogens is 1. The lowest BCUT2D eigenvalue weighted by atomic mass is 9.96. The summed E-state index contributed by atoms with van der Waals surface area (Å²) < 4.78 is 1.07. The van der Waals surface area contributed by atoms with Gasteiger partial charge in [-0.25, -0.2) is 4.98 Å². The number of rotatable bonds is 4. The molecule has 1 aromatic rings. The molecule has 4 heteroatoms. The molecule has 2 heterocycles. The van der Waals surface area contributed by atoms with Crippen LogP contribution >= 0.6 is 15.9 Å². The lowest BCUT2D eigenvalue weighted by molar-refractivity contribution is 0.380. The van der Waals surface area contributed by atoms with E-state index >= 15 is 0 Å². The zero-order chi connectivity index (χ0) is 13.2. The highest BCUT2D eigenvalue weighted by Gasteiger charge is 2.25. The minimum atomic E-state index is 0.841. The maximum absolute atomic E-state index is 4.57. The van der Waals surface area contributed by atoms with Crippen molar-refractivity contribution in [1.29, 1.82) is 0 Å². The van der Waals surface area contributed by atoms with Crippen molar-refractivity contribution in [2.75, 3.05) is 24.5 Å². The Bertz CT molecular complexity index is 437. The fourth-order valence-corrected chi connectivity index (χ4v) is 3.28. The zero-order valence-corrected chi connectivity index (χ0v) is 13.1. The first-order chi connectivity index (χ1) is 9.22. The number of pyridine rings is 1. The van der Waals surface area contributed by atoms with Crippen LogP contribution in [0.2, 0.25) is 0 Å². The highest BCUT2D eigenvalue weighted by molar-refractivity contribution is 9.10. The van der Waals surface area contributed by atoms with Crippen LogP contribution in [0, 0.1) is 12.8 Å². The monoisotopic (exact) mass is 323 g/mol. The van der Waals surface area contributed by atoms with Gasteiger partial charge in [0.1, 0.15) is 5.82 Å². The van der Waals surface area contributed by atoms with Gasteiger partial charge in [0.05, 0.1) is 0 Å². The van der Waals surface area contributed by atoms with Gasteiger partial charge in [0.25, 0.3) is 0 Å². The van der Waals surface area contributed by atoms with Crippen molar-refractivity contribution in [2.24, 2.45) is 5.92 Å². The fourth-order valence-electron chi connectivity index (χ4n) is 2.83. The van der Waals surface area contributed by atoms with Crippen molar-refractivity contribution in [1.82, 2.24) is 10.3 Å². The molecule has 0 atom stereocenters. The summed E-state index contributed by atoms with van der Waals surface area (Å²) in [5.74, 6) is 2.02. The molecule has 3 nitrogen and oxygen atoms in total. The van der Waals surface area contributed by atoms with Gasteiger partial charge in [-0.3, -0.25) is 0 Å². The third-order valence-electron chi connectivity index (χ3n) is 4.20. The molecule has 1 N–H and O–H groups in total. The van der Waals surface area contributed by atoms with Crippen molar-refractivity contribution in [3.05, 3.63) is 22.3 Å². The van der Waals surface area contributed by atoms with Crippen molar-refractivity contribution in [2.45, 2.75) is 38.6 Å². The van der Waals surface area contributed by atoms with E-state index < -0.39 is 0 Å². The molecular formula is C15H22BrN3. The Morgan fingerprint density at radius 2 is 2.05 bits per heavy atom. The second-order valence-electron chi connectivity index (χ2n) is 5.91. The molecule has 104 valence electrons. The molecule has 1 aliphatic carbocycles. The van der Waals surface area contributed by atoms with Gasteiger partial charge >= 0.3 is 0 Å². The largest absolute Gasteiger partial charge is 0.356 e. The van der Waals surface area contributed by atoms with Crippen LogP contribution in [0.1, 0.15) is 31.2 Å². The second-order valence-corrected chi connectivity index (χ2v) is 6.82. The molecule has 0 spiro atoms.